The van der Waals surface area contributed by atoms with Gasteiger partial charge in [0.1, 0.15) is 29.8 Å². The van der Waals surface area contributed by atoms with Crippen LogP contribution in [0.25, 0.3) is 11.1 Å². The van der Waals surface area contributed by atoms with Crippen molar-refractivity contribution in [3.8, 4) is 16.9 Å². The van der Waals surface area contributed by atoms with Crippen LogP contribution in [0.4, 0.5) is 10.1 Å². The number of nitrogens with one attached hydrogen (secondary N) is 1. The maximum atomic E-state index is 14.0. The van der Waals surface area contributed by atoms with Crippen molar-refractivity contribution in [1.29, 1.82) is 0 Å². The monoisotopic (exact) mass is 502 g/mol. The number of benzene rings is 3. The predicted octanol–water partition coefficient (Wildman–Crippen LogP) is 4.37. The van der Waals surface area contributed by atoms with Crippen molar-refractivity contribution in [3.05, 3.63) is 88.2 Å². The molecular formula is C24H23FN2O7S. The lowest BCUT2D eigenvalue weighted by atomic mass is 10.1. The number of hydrogen-bond acceptors (Lipinski definition) is 6. The summed E-state index contributed by atoms with van der Waals surface area (Å²) in [5.74, 6) is -2.06. The van der Waals surface area contributed by atoms with E-state index in [9.17, 15) is 32.8 Å². The molecule has 35 heavy (non-hydrogen) atoms. The molecule has 0 aliphatic carbocycles. The summed E-state index contributed by atoms with van der Waals surface area (Å²) >= 11 is 0. The van der Waals surface area contributed by atoms with Crippen LogP contribution in [0, 0.1) is 21.8 Å². The van der Waals surface area contributed by atoms with Gasteiger partial charge in [0.25, 0.3) is 5.69 Å². The second-order valence-corrected chi connectivity index (χ2v) is 9.73. The van der Waals surface area contributed by atoms with Gasteiger partial charge in [0, 0.05) is 6.07 Å². The van der Waals surface area contributed by atoms with E-state index in [1.165, 1.54) is 24.3 Å². The zero-order chi connectivity index (χ0) is 25.8. The lowest BCUT2D eigenvalue weighted by Gasteiger charge is -2.18. The van der Waals surface area contributed by atoms with Crippen molar-refractivity contribution in [1.82, 2.24) is 4.72 Å². The van der Waals surface area contributed by atoms with Gasteiger partial charge in [-0.2, -0.15) is 4.72 Å². The minimum atomic E-state index is -4.03. The number of nitro benzene ring substituents is 1. The van der Waals surface area contributed by atoms with Crippen LogP contribution in [-0.4, -0.2) is 30.5 Å². The second-order valence-electron chi connectivity index (χ2n) is 8.01. The van der Waals surface area contributed by atoms with Crippen molar-refractivity contribution in [3.63, 3.8) is 0 Å². The molecule has 0 heterocycles. The second kappa shape index (κ2) is 10.6. The zero-order valence-corrected chi connectivity index (χ0v) is 19.7. The molecule has 2 N–H and O–H groups in total. The van der Waals surface area contributed by atoms with E-state index in [2.05, 4.69) is 4.72 Å². The Labute approximate surface area is 201 Å². The Hall–Kier alpha value is -3.83. The summed E-state index contributed by atoms with van der Waals surface area (Å²) in [6, 6.07) is 14.9. The lowest BCUT2D eigenvalue weighted by molar-refractivity contribution is -0.386. The number of ether oxygens (including phenoxy) is 1. The Morgan fingerprint density at radius 2 is 1.63 bits per heavy atom. The molecule has 0 fully saturated rings. The fourth-order valence-corrected chi connectivity index (χ4v) is 4.63. The quantitative estimate of drug-likeness (QED) is 0.310. The molecule has 0 aromatic heterocycles. The number of carboxylic acid groups (broad SMARTS) is 1. The van der Waals surface area contributed by atoms with Crippen LogP contribution in [0.15, 0.2) is 71.6 Å². The highest BCUT2D eigenvalue weighted by Gasteiger charge is 2.28. The van der Waals surface area contributed by atoms with Gasteiger partial charge >= 0.3 is 5.97 Å². The van der Waals surface area contributed by atoms with E-state index >= 15 is 0 Å². The van der Waals surface area contributed by atoms with E-state index in [4.69, 9.17) is 4.74 Å². The maximum absolute atomic E-state index is 14.0. The molecule has 3 aromatic rings. The van der Waals surface area contributed by atoms with Gasteiger partial charge in [-0.25, -0.2) is 12.8 Å². The van der Waals surface area contributed by atoms with Crippen LogP contribution in [0.1, 0.15) is 19.4 Å². The molecule has 0 bridgehead atoms. The fourth-order valence-electron chi connectivity index (χ4n) is 3.29. The van der Waals surface area contributed by atoms with Gasteiger partial charge in [0.2, 0.25) is 10.0 Å². The number of sulfonamides is 1. The molecule has 0 spiro atoms. The first-order valence-corrected chi connectivity index (χ1v) is 12.0. The number of carboxylic acids is 1. The summed E-state index contributed by atoms with van der Waals surface area (Å²) in [7, 11) is -4.03. The molecule has 184 valence electrons. The van der Waals surface area contributed by atoms with E-state index in [0.29, 0.717) is 11.3 Å². The van der Waals surface area contributed by atoms with E-state index in [-0.39, 0.29) is 22.8 Å². The fraction of sp³-hybridized carbons (Fsp3) is 0.208. The van der Waals surface area contributed by atoms with E-state index in [1.807, 2.05) is 0 Å². The molecule has 0 amide bonds. The lowest BCUT2D eigenvalue weighted by Crippen LogP contribution is -2.44. The van der Waals surface area contributed by atoms with Gasteiger partial charge in [0.15, 0.2) is 0 Å². The van der Waals surface area contributed by atoms with Crippen molar-refractivity contribution < 1.29 is 32.4 Å². The van der Waals surface area contributed by atoms with E-state index in [0.717, 1.165) is 11.6 Å². The summed E-state index contributed by atoms with van der Waals surface area (Å²) in [5, 5.41) is 20.3. The Balaban J connectivity index is 1.72. The first kappa shape index (κ1) is 25.8. The molecule has 0 aliphatic rings. The molecule has 1 unspecified atom stereocenters. The van der Waals surface area contributed by atoms with Crippen LogP contribution in [0.2, 0.25) is 0 Å². The van der Waals surface area contributed by atoms with Gasteiger partial charge in [-0.05, 0) is 47.4 Å². The van der Waals surface area contributed by atoms with Gasteiger partial charge in [-0.3, -0.25) is 14.9 Å². The molecule has 11 heteroatoms. The minimum Gasteiger partial charge on any atom is -0.489 e. The maximum Gasteiger partial charge on any atom is 0.322 e. The van der Waals surface area contributed by atoms with E-state index in [1.54, 1.807) is 50.2 Å². The Morgan fingerprint density at radius 3 is 2.14 bits per heavy atom. The highest BCUT2D eigenvalue weighted by atomic mass is 32.2. The van der Waals surface area contributed by atoms with Gasteiger partial charge in [-0.1, -0.05) is 44.2 Å². The number of halogens is 1. The first-order chi connectivity index (χ1) is 16.5. The van der Waals surface area contributed by atoms with E-state index < -0.39 is 38.7 Å². The molecule has 0 saturated carbocycles. The summed E-state index contributed by atoms with van der Waals surface area (Å²) in [5.41, 5.74) is 0.902. The summed E-state index contributed by atoms with van der Waals surface area (Å²) in [4.78, 5) is 21.7. The molecule has 0 radical (unpaired) electrons. The number of nitro groups is 1. The van der Waals surface area contributed by atoms with Crippen molar-refractivity contribution in [2.45, 2.75) is 31.4 Å². The molecular weight excluding hydrogens is 479 g/mol. The number of rotatable bonds is 10. The van der Waals surface area contributed by atoms with Crippen LogP contribution in [0.3, 0.4) is 0 Å². The third kappa shape index (κ3) is 6.19. The largest absolute Gasteiger partial charge is 0.489 e. The number of nitrogens with zero attached hydrogens (tertiary/aromatic N) is 1. The van der Waals surface area contributed by atoms with Crippen molar-refractivity contribution in [2.75, 3.05) is 0 Å². The van der Waals surface area contributed by atoms with Crippen LogP contribution >= 0.6 is 0 Å². The molecule has 3 rings (SSSR count). The van der Waals surface area contributed by atoms with Crippen LogP contribution in [-0.2, 0) is 21.4 Å². The number of carbonyl (C=O) groups is 1. The average molecular weight is 503 g/mol. The third-order valence-corrected chi connectivity index (χ3v) is 6.70. The van der Waals surface area contributed by atoms with Gasteiger partial charge in [0.05, 0.1) is 9.82 Å². The average Bonchev–Trinajstić information content (AvgIpc) is 2.81. The predicted molar refractivity (Wildman–Crippen MR) is 126 cm³/mol. The Morgan fingerprint density at radius 1 is 1.06 bits per heavy atom. The standard InChI is InChI=1S/C24H23FN2O7S/c1-15(2)23(24(28)29)26-35(32,33)19-12-8-17(9-13-19)16-6-10-18(11-7-16)34-14-20-21(25)4-3-5-22(20)27(30)31/h3-13,15,23,26H,14H2,1-2H3,(H,28,29). The highest BCUT2D eigenvalue weighted by Crippen LogP contribution is 2.26. The summed E-state index contributed by atoms with van der Waals surface area (Å²) in [6.45, 7) is 2.89. The van der Waals surface area contributed by atoms with Crippen LogP contribution in [0.5, 0.6) is 5.75 Å². The minimum absolute atomic E-state index is 0.0698. The van der Waals surface area contributed by atoms with Gasteiger partial charge < -0.3 is 9.84 Å². The molecule has 0 aliphatic heterocycles. The van der Waals surface area contributed by atoms with Crippen LogP contribution < -0.4 is 9.46 Å². The zero-order valence-electron chi connectivity index (χ0n) is 18.8. The normalized spacial score (nSPS) is 12.3. The number of aliphatic carboxylic acids is 1. The third-order valence-electron chi connectivity index (χ3n) is 5.24. The Bertz CT molecular complexity index is 1320. The molecule has 1 atom stereocenters. The Kier molecular flexibility index (Phi) is 7.82. The molecule has 0 saturated heterocycles. The first-order valence-electron chi connectivity index (χ1n) is 10.5. The SMILES string of the molecule is CC(C)C(NS(=O)(=O)c1ccc(-c2ccc(OCc3c(F)cccc3[N+](=O)[O-])cc2)cc1)C(=O)O. The topological polar surface area (TPSA) is 136 Å². The summed E-state index contributed by atoms with van der Waals surface area (Å²) < 4.78 is 46.8. The highest BCUT2D eigenvalue weighted by molar-refractivity contribution is 7.89. The molecule has 9 nitrogen and oxygen atoms in total. The number of hydrogen-bond donors (Lipinski definition) is 2. The molecule has 3 aromatic carbocycles. The summed E-state index contributed by atoms with van der Waals surface area (Å²) in [6.07, 6.45) is 0. The van der Waals surface area contributed by atoms with Gasteiger partial charge in [-0.15, -0.1) is 0 Å². The van der Waals surface area contributed by atoms with Crippen molar-refractivity contribution in [2.24, 2.45) is 5.92 Å². The smallest absolute Gasteiger partial charge is 0.322 e. The van der Waals surface area contributed by atoms with Crippen molar-refractivity contribution >= 4 is 21.7 Å².